The summed E-state index contributed by atoms with van der Waals surface area (Å²) < 4.78 is 5.16. The topological polar surface area (TPSA) is 67.4 Å². The van der Waals surface area contributed by atoms with E-state index < -0.39 is 0 Å². The maximum absolute atomic E-state index is 12.2. The highest BCUT2D eigenvalue weighted by Crippen LogP contribution is 2.36. The molecular formula is C16H22N2O3S. The van der Waals surface area contributed by atoms with E-state index in [4.69, 9.17) is 4.74 Å². The third-order valence-electron chi connectivity index (χ3n) is 3.37. The molecule has 0 atom stereocenters. The van der Waals surface area contributed by atoms with E-state index in [1.54, 1.807) is 6.92 Å². The van der Waals surface area contributed by atoms with Gasteiger partial charge < -0.3 is 15.4 Å². The Labute approximate surface area is 134 Å². The lowest BCUT2D eigenvalue weighted by atomic mass is 10.0. The number of anilines is 1. The van der Waals surface area contributed by atoms with Crippen LogP contribution < -0.4 is 10.6 Å². The van der Waals surface area contributed by atoms with Crippen molar-refractivity contribution in [1.82, 2.24) is 5.32 Å². The molecule has 0 bridgehead atoms. The van der Waals surface area contributed by atoms with Crippen LogP contribution in [0.5, 0.6) is 0 Å². The fourth-order valence-corrected chi connectivity index (χ4v) is 3.60. The van der Waals surface area contributed by atoms with Gasteiger partial charge in [0.2, 0.25) is 5.91 Å². The number of carbonyl (C=O) groups excluding carboxylic acids is 2. The van der Waals surface area contributed by atoms with Crippen LogP contribution in [0.4, 0.5) is 5.00 Å². The fourth-order valence-electron chi connectivity index (χ4n) is 2.38. The molecule has 22 heavy (non-hydrogen) atoms. The predicted molar refractivity (Wildman–Crippen MR) is 88.4 cm³/mol. The van der Waals surface area contributed by atoms with Gasteiger partial charge >= 0.3 is 5.97 Å². The molecule has 0 saturated heterocycles. The van der Waals surface area contributed by atoms with Crippen molar-refractivity contribution in [3.8, 4) is 0 Å². The van der Waals surface area contributed by atoms with Crippen molar-refractivity contribution in [3.05, 3.63) is 28.2 Å². The smallest absolute Gasteiger partial charge is 0.341 e. The number of esters is 1. The SMILES string of the molecule is CC/C=C\CC(=O)Nc1sc2c(c1C(=O)OCC)CCNC2. The van der Waals surface area contributed by atoms with Gasteiger partial charge in [-0.05, 0) is 31.9 Å². The van der Waals surface area contributed by atoms with Crippen LogP contribution in [0, 0.1) is 0 Å². The predicted octanol–water partition coefficient (Wildman–Crippen LogP) is 2.87. The van der Waals surface area contributed by atoms with Crippen molar-refractivity contribution in [1.29, 1.82) is 0 Å². The van der Waals surface area contributed by atoms with Crippen LogP contribution in [0.3, 0.4) is 0 Å². The first-order valence-corrected chi connectivity index (χ1v) is 8.46. The van der Waals surface area contributed by atoms with Crippen molar-refractivity contribution in [2.45, 2.75) is 39.7 Å². The van der Waals surface area contributed by atoms with Crippen molar-refractivity contribution in [2.75, 3.05) is 18.5 Å². The first kappa shape index (κ1) is 16.7. The molecule has 1 aromatic heterocycles. The van der Waals surface area contributed by atoms with E-state index in [1.165, 1.54) is 11.3 Å². The average Bonchev–Trinajstić information content (AvgIpc) is 2.85. The van der Waals surface area contributed by atoms with Crippen molar-refractivity contribution >= 4 is 28.2 Å². The molecule has 5 nitrogen and oxygen atoms in total. The van der Waals surface area contributed by atoms with Crippen LogP contribution in [0.25, 0.3) is 0 Å². The van der Waals surface area contributed by atoms with E-state index in [0.717, 1.165) is 36.4 Å². The second kappa shape index (κ2) is 8.10. The maximum Gasteiger partial charge on any atom is 0.341 e. The van der Waals surface area contributed by atoms with Crippen LogP contribution in [0.1, 0.15) is 47.5 Å². The zero-order valence-electron chi connectivity index (χ0n) is 13.0. The van der Waals surface area contributed by atoms with Crippen molar-refractivity contribution < 1.29 is 14.3 Å². The summed E-state index contributed by atoms with van der Waals surface area (Å²) in [5, 5.41) is 6.76. The van der Waals surface area contributed by atoms with Gasteiger partial charge in [-0.2, -0.15) is 0 Å². The van der Waals surface area contributed by atoms with Gasteiger partial charge in [0, 0.05) is 17.8 Å². The van der Waals surface area contributed by atoms with Gasteiger partial charge in [-0.3, -0.25) is 4.79 Å². The quantitative estimate of drug-likeness (QED) is 0.624. The molecule has 2 heterocycles. The minimum atomic E-state index is -0.346. The Morgan fingerprint density at radius 1 is 1.36 bits per heavy atom. The largest absolute Gasteiger partial charge is 0.462 e. The molecule has 0 aromatic carbocycles. The molecule has 2 rings (SSSR count). The molecule has 1 amide bonds. The van der Waals surface area contributed by atoms with Gasteiger partial charge in [0.15, 0.2) is 0 Å². The summed E-state index contributed by atoms with van der Waals surface area (Å²) in [5.74, 6) is -0.455. The number of amides is 1. The number of nitrogens with one attached hydrogen (secondary N) is 2. The summed E-state index contributed by atoms with van der Waals surface area (Å²) >= 11 is 1.46. The highest BCUT2D eigenvalue weighted by atomic mass is 32.1. The molecule has 1 aromatic rings. The van der Waals surface area contributed by atoms with E-state index in [9.17, 15) is 9.59 Å². The normalized spacial score (nSPS) is 13.9. The summed E-state index contributed by atoms with van der Waals surface area (Å²) in [6.45, 7) is 5.70. The first-order valence-electron chi connectivity index (χ1n) is 7.64. The van der Waals surface area contributed by atoms with Crippen LogP contribution in [-0.4, -0.2) is 25.0 Å². The van der Waals surface area contributed by atoms with Crippen molar-refractivity contribution in [2.24, 2.45) is 0 Å². The Morgan fingerprint density at radius 3 is 2.91 bits per heavy atom. The van der Waals surface area contributed by atoms with Gasteiger partial charge in [0.05, 0.1) is 12.2 Å². The molecule has 6 heteroatoms. The lowest BCUT2D eigenvalue weighted by molar-refractivity contribution is -0.115. The Balaban J connectivity index is 2.22. The minimum Gasteiger partial charge on any atom is -0.462 e. The van der Waals surface area contributed by atoms with Gasteiger partial charge in [0.1, 0.15) is 5.00 Å². The molecule has 0 unspecified atom stereocenters. The van der Waals surface area contributed by atoms with E-state index in [-0.39, 0.29) is 11.9 Å². The fraction of sp³-hybridized carbons (Fsp3) is 0.500. The Morgan fingerprint density at radius 2 is 2.18 bits per heavy atom. The second-order valence-electron chi connectivity index (χ2n) is 4.99. The van der Waals surface area contributed by atoms with E-state index in [0.29, 0.717) is 23.6 Å². The molecule has 0 aliphatic carbocycles. The standard InChI is InChI=1S/C16H22N2O3S/c1-3-5-6-7-13(19)18-15-14(16(20)21-4-2)11-8-9-17-10-12(11)22-15/h5-6,17H,3-4,7-10H2,1-2H3,(H,18,19)/b6-5-. The third-order valence-corrected chi connectivity index (χ3v) is 4.51. The Bertz CT molecular complexity index is 578. The summed E-state index contributed by atoms with van der Waals surface area (Å²) in [6, 6.07) is 0. The summed E-state index contributed by atoms with van der Waals surface area (Å²) in [7, 11) is 0. The van der Waals surface area contributed by atoms with Gasteiger partial charge in [-0.15, -0.1) is 11.3 Å². The molecule has 0 spiro atoms. The monoisotopic (exact) mass is 322 g/mol. The molecule has 0 saturated carbocycles. The molecule has 120 valence electrons. The van der Waals surface area contributed by atoms with Gasteiger partial charge in [-0.1, -0.05) is 19.1 Å². The van der Waals surface area contributed by atoms with Crippen LogP contribution in [-0.2, 0) is 22.5 Å². The summed E-state index contributed by atoms with van der Waals surface area (Å²) in [4.78, 5) is 25.4. The first-order chi connectivity index (χ1) is 10.7. The Kier molecular flexibility index (Phi) is 6.15. The summed E-state index contributed by atoms with van der Waals surface area (Å²) in [6.07, 6.45) is 5.80. The minimum absolute atomic E-state index is 0.109. The van der Waals surface area contributed by atoms with E-state index >= 15 is 0 Å². The molecule has 1 aliphatic rings. The zero-order valence-corrected chi connectivity index (χ0v) is 13.8. The molecule has 0 fully saturated rings. The number of fused-ring (bicyclic) bond motifs is 1. The highest BCUT2D eigenvalue weighted by Gasteiger charge is 2.26. The number of ether oxygens (including phenoxy) is 1. The zero-order chi connectivity index (χ0) is 15.9. The van der Waals surface area contributed by atoms with Gasteiger partial charge in [0.25, 0.3) is 0 Å². The molecule has 0 radical (unpaired) electrons. The van der Waals surface area contributed by atoms with Crippen molar-refractivity contribution in [3.63, 3.8) is 0 Å². The Hall–Kier alpha value is -1.66. The highest BCUT2D eigenvalue weighted by molar-refractivity contribution is 7.17. The number of hydrogen-bond acceptors (Lipinski definition) is 5. The average molecular weight is 322 g/mol. The van der Waals surface area contributed by atoms with E-state index in [1.807, 2.05) is 19.1 Å². The maximum atomic E-state index is 12.2. The third kappa shape index (κ3) is 3.96. The lowest BCUT2D eigenvalue weighted by Crippen LogP contribution is -2.23. The molecule has 2 N–H and O–H groups in total. The number of allylic oxidation sites excluding steroid dienone is 1. The lowest BCUT2D eigenvalue weighted by Gasteiger charge is -2.13. The van der Waals surface area contributed by atoms with Crippen LogP contribution >= 0.6 is 11.3 Å². The van der Waals surface area contributed by atoms with Gasteiger partial charge in [-0.25, -0.2) is 4.79 Å². The number of thiophene rings is 1. The van der Waals surface area contributed by atoms with E-state index in [2.05, 4.69) is 10.6 Å². The van der Waals surface area contributed by atoms with Crippen LogP contribution in [0.2, 0.25) is 0 Å². The number of rotatable bonds is 6. The molecular weight excluding hydrogens is 300 g/mol. The molecule has 1 aliphatic heterocycles. The number of carbonyl (C=O) groups is 2. The number of hydrogen-bond donors (Lipinski definition) is 2. The summed E-state index contributed by atoms with van der Waals surface area (Å²) in [5.41, 5.74) is 1.55. The van der Waals surface area contributed by atoms with Crippen LogP contribution in [0.15, 0.2) is 12.2 Å². The second-order valence-corrected chi connectivity index (χ2v) is 6.09.